The average Bonchev–Trinajstić information content (AvgIpc) is 2.41. The Labute approximate surface area is 112 Å². The summed E-state index contributed by atoms with van der Waals surface area (Å²) in [6, 6.07) is 6.64. The Morgan fingerprint density at radius 1 is 1.37 bits per heavy atom. The summed E-state index contributed by atoms with van der Waals surface area (Å²) < 4.78 is 4.63. The van der Waals surface area contributed by atoms with E-state index < -0.39 is 0 Å². The number of carbonyl (C=O) groups excluding carboxylic acids is 1. The van der Waals surface area contributed by atoms with Gasteiger partial charge in [-0.3, -0.25) is 15.1 Å². The highest BCUT2D eigenvalue weighted by atomic mass is 16.6. The Hall–Kier alpha value is -2.01. The number of methoxy groups -OCH3 is 1. The van der Waals surface area contributed by atoms with E-state index in [2.05, 4.69) is 10.2 Å². The topological polar surface area (TPSA) is 67.8 Å². The lowest BCUT2D eigenvalue weighted by Gasteiger charge is -2.10. The van der Waals surface area contributed by atoms with Crippen LogP contribution in [0, 0.1) is 0 Å². The lowest BCUT2D eigenvalue weighted by Crippen LogP contribution is -2.18. The molecular weight excluding hydrogens is 246 g/mol. The Morgan fingerprint density at radius 3 is 2.63 bits per heavy atom. The van der Waals surface area contributed by atoms with Gasteiger partial charge < -0.3 is 9.84 Å². The van der Waals surface area contributed by atoms with Crippen LogP contribution in [0.1, 0.15) is 25.3 Å². The molecule has 5 nitrogen and oxygen atoms in total. The predicted molar refractivity (Wildman–Crippen MR) is 72.1 cm³/mol. The van der Waals surface area contributed by atoms with E-state index in [1.165, 1.54) is 7.11 Å². The molecule has 0 aromatic heterocycles. The highest BCUT2D eigenvalue weighted by Crippen LogP contribution is 2.13. The minimum atomic E-state index is -0.349. The zero-order valence-electron chi connectivity index (χ0n) is 11.2. The Kier molecular flexibility index (Phi) is 6.46. The van der Waals surface area contributed by atoms with E-state index in [-0.39, 0.29) is 18.1 Å². The summed E-state index contributed by atoms with van der Waals surface area (Å²) in [6.07, 6.45) is 2.74. The maximum atomic E-state index is 11.3. The fourth-order valence-electron chi connectivity index (χ4n) is 1.36. The third-order valence-electron chi connectivity index (χ3n) is 2.31. The standard InChI is InChI=1S/C14H19NO4/c1-3-8-19-15-12(10-14(17)18-2)9-11-4-6-13(16)7-5-11/h4-7,9,15-16H,3,8,10H2,1-2H3. The molecule has 0 aliphatic carbocycles. The number of hydrogen-bond donors (Lipinski definition) is 2. The molecule has 0 unspecified atom stereocenters. The molecule has 0 heterocycles. The number of hydroxylamine groups is 1. The zero-order chi connectivity index (χ0) is 14.1. The first kappa shape index (κ1) is 15.0. The molecule has 0 bridgehead atoms. The van der Waals surface area contributed by atoms with Crippen LogP contribution in [0.5, 0.6) is 5.75 Å². The van der Waals surface area contributed by atoms with Crippen LogP contribution in [0.4, 0.5) is 0 Å². The first-order chi connectivity index (χ1) is 9.15. The van der Waals surface area contributed by atoms with Gasteiger partial charge in [-0.2, -0.15) is 0 Å². The van der Waals surface area contributed by atoms with Gasteiger partial charge in [0.25, 0.3) is 0 Å². The number of phenols is 1. The van der Waals surface area contributed by atoms with Gasteiger partial charge in [-0.25, -0.2) is 0 Å². The Morgan fingerprint density at radius 2 is 2.05 bits per heavy atom. The van der Waals surface area contributed by atoms with Gasteiger partial charge in [-0.1, -0.05) is 19.1 Å². The fraction of sp³-hybridized carbons (Fsp3) is 0.357. The summed E-state index contributed by atoms with van der Waals surface area (Å²) in [6.45, 7) is 2.54. The van der Waals surface area contributed by atoms with Crippen LogP contribution in [0.3, 0.4) is 0 Å². The van der Waals surface area contributed by atoms with Gasteiger partial charge in [0.15, 0.2) is 0 Å². The largest absolute Gasteiger partial charge is 0.508 e. The molecule has 1 rings (SSSR count). The molecule has 0 saturated heterocycles. The van der Waals surface area contributed by atoms with Gasteiger partial charge in [0.2, 0.25) is 0 Å². The number of esters is 1. The van der Waals surface area contributed by atoms with Crippen LogP contribution in [-0.2, 0) is 14.4 Å². The molecule has 0 amide bonds. The molecule has 0 aliphatic rings. The summed E-state index contributed by atoms with van der Waals surface area (Å²) in [7, 11) is 1.34. The molecule has 19 heavy (non-hydrogen) atoms. The first-order valence-corrected chi connectivity index (χ1v) is 6.10. The Balaban J connectivity index is 2.75. The monoisotopic (exact) mass is 265 g/mol. The smallest absolute Gasteiger partial charge is 0.311 e. The van der Waals surface area contributed by atoms with Crippen molar-refractivity contribution >= 4 is 12.0 Å². The van der Waals surface area contributed by atoms with Crippen LogP contribution in [0.2, 0.25) is 0 Å². The van der Waals surface area contributed by atoms with Crippen molar-refractivity contribution in [3.63, 3.8) is 0 Å². The number of rotatable bonds is 7. The maximum Gasteiger partial charge on any atom is 0.311 e. The number of carbonyl (C=O) groups is 1. The SMILES string of the molecule is CCCONC(=Cc1ccc(O)cc1)CC(=O)OC. The van der Waals surface area contributed by atoms with Crippen LogP contribution >= 0.6 is 0 Å². The maximum absolute atomic E-state index is 11.3. The van der Waals surface area contributed by atoms with Gasteiger partial charge in [0, 0.05) is 5.70 Å². The van der Waals surface area contributed by atoms with Crippen molar-refractivity contribution in [1.82, 2.24) is 5.48 Å². The highest BCUT2D eigenvalue weighted by molar-refractivity contribution is 5.74. The highest BCUT2D eigenvalue weighted by Gasteiger charge is 2.06. The average molecular weight is 265 g/mol. The molecule has 1 aromatic rings. The fourth-order valence-corrected chi connectivity index (χ4v) is 1.36. The Bertz CT molecular complexity index is 426. The van der Waals surface area contributed by atoms with Crippen molar-refractivity contribution in [2.45, 2.75) is 19.8 Å². The van der Waals surface area contributed by atoms with Crippen molar-refractivity contribution in [2.75, 3.05) is 13.7 Å². The van der Waals surface area contributed by atoms with Gasteiger partial charge in [0.1, 0.15) is 5.75 Å². The van der Waals surface area contributed by atoms with Gasteiger partial charge in [-0.05, 0) is 30.2 Å². The number of nitrogens with one attached hydrogen (secondary N) is 1. The lowest BCUT2D eigenvalue weighted by atomic mass is 10.1. The molecule has 0 atom stereocenters. The summed E-state index contributed by atoms with van der Waals surface area (Å²) in [4.78, 5) is 16.5. The van der Waals surface area contributed by atoms with Gasteiger partial charge in [-0.15, -0.1) is 0 Å². The first-order valence-electron chi connectivity index (χ1n) is 6.10. The third-order valence-corrected chi connectivity index (χ3v) is 2.31. The van der Waals surface area contributed by atoms with E-state index in [0.29, 0.717) is 12.3 Å². The van der Waals surface area contributed by atoms with E-state index in [1.807, 2.05) is 6.92 Å². The van der Waals surface area contributed by atoms with Crippen molar-refractivity contribution in [1.29, 1.82) is 0 Å². The molecular formula is C14H19NO4. The second-order valence-electron chi connectivity index (χ2n) is 3.96. The summed E-state index contributed by atoms with van der Waals surface area (Å²) in [5.74, 6) is -0.153. The molecule has 1 aromatic carbocycles. The van der Waals surface area contributed by atoms with E-state index >= 15 is 0 Å². The van der Waals surface area contributed by atoms with E-state index in [9.17, 15) is 9.90 Å². The molecule has 2 N–H and O–H groups in total. The number of hydrogen-bond acceptors (Lipinski definition) is 5. The zero-order valence-corrected chi connectivity index (χ0v) is 11.2. The molecule has 104 valence electrons. The summed E-state index contributed by atoms with van der Waals surface area (Å²) in [5, 5.41) is 9.21. The van der Waals surface area contributed by atoms with Crippen LogP contribution in [0.25, 0.3) is 6.08 Å². The van der Waals surface area contributed by atoms with E-state index in [1.54, 1.807) is 30.3 Å². The molecule has 0 radical (unpaired) electrons. The van der Waals surface area contributed by atoms with Crippen molar-refractivity contribution in [3.8, 4) is 5.75 Å². The second kappa shape index (κ2) is 8.16. The normalized spacial score (nSPS) is 11.2. The van der Waals surface area contributed by atoms with Crippen molar-refractivity contribution in [3.05, 3.63) is 35.5 Å². The van der Waals surface area contributed by atoms with Crippen molar-refractivity contribution in [2.24, 2.45) is 0 Å². The molecule has 0 saturated carbocycles. The summed E-state index contributed by atoms with van der Waals surface area (Å²) in [5.41, 5.74) is 4.20. The number of ether oxygens (including phenoxy) is 1. The minimum Gasteiger partial charge on any atom is -0.508 e. The van der Waals surface area contributed by atoms with E-state index in [4.69, 9.17) is 4.84 Å². The van der Waals surface area contributed by atoms with Crippen LogP contribution in [0.15, 0.2) is 30.0 Å². The van der Waals surface area contributed by atoms with Gasteiger partial charge in [0.05, 0.1) is 20.1 Å². The van der Waals surface area contributed by atoms with E-state index in [0.717, 1.165) is 12.0 Å². The number of phenolic OH excluding ortho intramolecular Hbond substituents is 1. The quantitative estimate of drug-likeness (QED) is 0.449. The van der Waals surface area contributed by atoms with Gasteiger partial charge >= 0.3 is 5.97 Å². The van der Waals surface area contributed by atoms with Crippen LogP contribution in [-0.4, -0.2) is 24.8 Å². The third kappa shape index (κ3) is 5.92. The second-order valence-corrected chi connectivity index (χ2v) is 3.96. The number of aromatic hydroxyl groups is 1. The number of benzene rings is 1. The molecule has 0 fully saturated rings. The lowest BCUT2D eigenvalue weighted by molar-refractivity contribution is -0.140. The van der Waals surface area contributed by atoms with Crippen molar-refractivity contribution < 1.29 is 19.5 Å². The molecule has 0 spiro atoms. The summed E-state index contributed by atoms with van der Waals surface area (Å²) >= 11 is 0. The van der Waals surface area contributed by atoms with Crippen LogP contribution < -0.4 is 5.48 Å². The molecule has 5 heteroatoms. The predicted octanol–water partition coefficient (Wildman–Crippen LogP) is 2.23. The minimum absolute atomic E-state index is 0.0983. The molecule has 0 aliphatic heterocycles.